The fraction of sp³-hybridized carbons (Fsp3) is 0.400. The number of nitrogens with one attached hydrogen (secondary N) is 2. The fourth-order valence-corrected chi connectivity index (χ4v) is 7.56. The van der Waals surface area contributed by atoms with Crippen molar-refractivity contribution in [3.63, 3.8) is 0 Å². The number of hydrogen-bond donors (Lipinski definition) is 3. The first-order chi connectivity index (χ1) is 19.4. The lowest BCUT2D eigenvalue weighted by atomic mass is 9.91. The van der Waals surface area contributed by atoms with E-state index in [1.807, 2.05) is 0 Å². The molecule has 2 aromatic heterocycles. The molecule has 3 heterocycles. The molecule has 2 fully saturated rings. The molecule has 220 valence electrons. The summed E-state index contributed by atoms with van der Waals surface area (Å²) in [4.78, 5) is 25.1. The molecular formula is C25H24F3N3O8S2. The van der Waals surface area contributed by atoms with Gasteiger partial charge in [0.25, 0.3) is 10.0 Å². The molecule has 11 nitrogen and oxygen atoms in total. The monoisotopic (exact) mass is 615 g/mol. The van der Waals surface area contributed by atoms with E-state index in [9.17, 15) is 36.3 Å². The normalized spacial score (nSPS) is 24.2. The van der Waals surface area contributed by atoms with Crippen LogP contribution in [0.25, 0.3) is 10.6 Å². The summed E-state index contributed by atoms with van der Waals surface area (Å²) in [6.07, 6.45) is -4.30. The molecule has 2 aliphatic rings. The molecule has 3 aromatic rings. The first kappa shape index (κ1) is 29.0. The number of thiophene rings is 1. The van der Waals surface area contributed by atoms with Crippen LogP contribution in [0.3, 0.4) is 0 Å². The highest BCUT2D eigenvalue weighted by Gasteiger charge is 2.75. The second-order valence-electron chi connectivity index (χ2n) is 9.73. The number of aromatic nitrogens is 1. The summed E-state index contributed by atoms with van der Waals surface area (Å²) in [6.45, 7) is 0.362. The Morgan fingerprint density at radius 3 is 2.59 bits per heavy atom. The zero-order chi connectivity index (χ0) is 29.5. The first-order valence-electron chi connectivity index (χ1n) is 12.4. The molecule has 3 N–H and O–H groups in total. The van der Waals surface area contributed by atoms with E-state index in [1.54, 1.807) is 30.3 Å². The summed E-state index contributed by atoms with van der Waals surface area (Å²) in [5.41, 5.74) is -3.32. The third-order valence-electron chi connectivity index (χ3n) is 7.09. The number of sulfonamides is 1. The van der Waals surface area contributed by atoms with Crippen molar-refractivity contribution >= 4 is 33.4 Å². The van der Waals surface area contributed by atoms with E-state index in [1.165, 1.54) is 6.07 Å². The summed E-state index contributed by atoms with van der Waals surface area (Å²) in [7, 11) is -4.51. The van der Waals surface area contributed by atoms with Crippen LogP contribution in [0.4, 0.5) is 18.0 Å². The number of alkyl carbamates (subject to hydrolysis) is 1. The van der Waals surface area contributed by atoms with Crippen molar-refractivity contribution in [2.45, 2.75) is 46.7 Å². The van der Waals surface area contributed by atoms with Gasteiger partial charge in [0.1, 0.15) is 22.0 Å². The van der Waals surface area contributed by atoms with Crippen LogP contribution in [-0.4, -0.2) is 62.1 Å². The molecule has 0 radical (unpaired) electrons. The van der Waals surface area contributed by atoms with E-state index in [0.29, 0.717) is 29.6 Å². The zero-order valence-corrected chi connectivity index (χ0v) is 22.8. The molecule has 1 amide bonds. The molecule has 16 heteroatoms. The average molecular weight is 616 g/mol. The Bertz CT molecular complexity index is 1540. The highest BCUT2D eigenvalue weighted by Crippen LogP contribution is 2.59. The number of alkyl halides is 3. The minimum atomic E-state index is -4.77. The SMILES string of the molecule is O=C(NC[C@H]1CCCO1)OC[C@@]1(c2ccccc2)C[C@]1(NS(=O)(=O)c1ccc(-c2cc(C(F)(F)F)on2)s1)C(=O)O. The number of carbonyl (C=O) groups is 2. The number of halogens is 3. The van der Waals surface area contributed by atoms with E-state index in [4.69, 9.17) is 9.47 Å². The lowest BCUT2D eigenvalue weighted by Gasteiger charge is -2.24. The maximum absolute atomic E-state index is 13.4. The van der Waals surface area contributed by atoms with Crippen LogP contribution in [0.1, 0.15) is 30.6 Å². The highest BCUT2D eigenvalue weighted by molar-refractivity contribution is 7.91. The number of hydrogen-bond acceptors (Lipinski definition) is 9. The Labute approximate surface area is 235 Å². The molecular weight excluding hydrogens is 591 g/mol. The van der Waals surface area contributed by atoms with Gasteiger partial charge in [-0.05, 0) is 37.0 Å². The molecule has 3 atom stereocenters. The first-order valence-corrected chi connectivity index (χ1v) is 14.7. The van der Waals surface area contributed by atoms with Crippen molar-refractivity contribution in [2.24, 2.45) is 0 Å². The van der Waals surface area contributed by atoms with Crippen molar-refractivity contribution in [1.29, 1.82) is 0 Å². The maximum atomic E-state index is 13.4. The number of aliphatic carboxylic acids is 1. The molecule has 1 saturated heterocycles. The Balaban J connectivity index is 1.37. The summed E-state index contributed by atoms with van der Waals surface area (Å²) in [6, 6.07) is 11.2. The second-order valence-corrected chi connectivity index (χ2v) is 12.7. The van der Waals surface area contributed by atoms with E-state index in [0.717, 1.165) is 18.9 Å². The van der Waals surface area contributed by atoms with Crippen LogP contribution in [0.15, 0.2) is 57.3 Å². The van der Waals surface area contributed by atoms with Gasteiger partial charge in [0.15, 0.2) is 0 Å². The lowest BCUT2D eigenvalue weighted by Crippen LogP contribution is -2.50. The number of amides is 1. The van der Waals surface area contributed by atoms with Gasteiger partial charge < -0.3 is 24.4 Å². The predicted octanol–water partition coefficient (Wildman–Crippen LogP) is 3.77. The average Bonchev–Trinajstić information content (AvgIpc) is 3.49. The van der Waals surface area contributed by atoms with Gasteiger partial charge in [-0.25, -0.2) is 13.2 Å². The van der Waals surface area contributed by atoms with Gasteiger partial charge in [-0.2, -0.15) is 17.9 Å². The topological polar surface area (TPSA) is 157 Å². The minimum Gasteiger partial charge on any atom is -0.480 e. The van der Waals surface area contributed by atoms with E-state index < -0.39 is 51.6 Å². The third-order valence-corrected chi connectivity index (χ3v) is 10.2. The summed E-state index contributed by atoms with van der Waals surface area (Å²) in [5.74, 6) is -2.84. The van der Waals surface area contributed by atoms with Crippen LogP contribution >= 0.6 is 11.3 Å². The van der Waals surface area contributed by atoms with E-state index in [-0.39, 0.29) is 33.8 Å². The largest absolute Gasteiger partial charge is 0.480 e. The van der Waals surface area contributed by atoms with Crippen LogP contribution < -0.4 is 10.0 Å². The van der Waals surface area contributed by atoms with Gasteiger partial charge in [-0.15, -0.1) is 11.3 Å². The fourth-order valence-electron chi connectivity index (χ4n) is 4.88. The number of carboxylic acid groups (broad SMARTS) is 1. The summed E-state index contributed by atoms with van der Waals surface area (Å²) < 4.78 is 82.5. The zero-order valence-electron chi connectivity index (χ0n) is 21.1. The van der Waals surface area contributed by atoms with Crippen LogP contribution in [-0.2, 0) is 35.9 Å². The van der Waals surface area contributed by atoms with Gasteiger partial charge in [0.2, 0.25) is 5.76 Å². The second kappa shape index (κ2) is 10.7. The van der Waals surface area contributed by atoms with Crippen LogP contribution in [0, 0.1) is 0 Å². The van der Waals surface area contributed by atoms with Gasteiger partial charge in [0.05, 0.1) is 16.4 Å². The summed E-state index contributed by atoms with van der Waals surface area (Å²) >= 11 is 0.589. The maximum Gasteiger partial charge on any atom is 0.452 e. The molecule has 1 saturated carbocycles. The number of rotatable bonds is 10. The van der Waals surface area contributed by atoms with E-state index in [2.05, 4.69) is 19.7 Å². The Kier molecular flexibility index (Phi) is 7.61. The molecule has 0 bridgehead atoms. The molecule has 1 aromatic carbocycles. The number of carbonyl (C=O) groups excluding carboxylic acids is 1. The standard InChI is InChI=1S/C25H24F3N3O8S2/c26-25(27,28)19-11-17(30-39-19)18-8-9-20(40-18)41(35,36)31-24(21(32)33)13-23(24,15-5-2-1-3-6-15)14-38-22(34)29-12-16-7-4-10-37-16/h1-3,5-6,8-9,11,16,31H,4,7,10,12-14H2,(H,29,34)(H,32,33)/t16-,23-,24+/m1/s1. The van der Waals surface area contributed by atoms with Gasteiger partial charge in [0, 0.05) is 19.2 Å². The molecule has 0 unspecified atom stereocenters. The van der Waals surface area contributed by atoms with Gasteiger partial charge >= 0.3 is 18.2 Å². The molecule has 5 rings (SSSR count). The molecule has 41 heavy (non-hydrogen) atoms. The van der Waals surface area contributed by atoms with Gasteiger partial charge in [-0.3, -0.25) is 4.79 Å². The number of benzene rings is 1. The molecule has 0 spiro atoms. The van der Waals surface area contributed by atoms with Gasteiger partial charge in [-0.1, -0.05) is 35.5 Å². The Hall–Kier alpha value is -3.47. The van der Waals surface area contributed by atoms with Crippen LogP contribution in [0.2, 0.25) is 0 Å². The third kappa shape index (κ3) is 5.68. The van der Waals surface area contributed by atoms with E-state index >= 15 is 0 Å². The quantitative estimate of drug-likeness (QED) is 0.309. The van der Waals surface area contributed by atoms with Crippen molar-refractivity contribution in [2.75, 3.05) is 19.8 Å². The minimum absolute atomic E-state index is 0.0605. The number of nitrogens with zero attached hydrogens (tertiary/aromatic N) is 1. The van der Waals surface area contributed by atoms with Crippen molar-refractivity contribution in [1.82, 2.24) is 15.2 Å². The van der Waals surface area contributed by atoms with Crippen molar-refractivity contribution < 1.29 is 50.3 Å². The number of ether oxygens (including phenoxy) is 2. The van der Waals surface area contributed by atoms with Crippen molar-refractivity contribution in [3.05, 3.63) is 59.9 Å². The summed E-state index contributed by atoms with van der Waals surface area (Å²) in [5, 5.41) is 16.2. The highest BCUT2D eigenvalue weighted by atomic mass is 32.2. The molecule has 1 aliphatic carbocycles. The van der Waals surface area contributed by atoms with Crippen LogP contribution in [0.5, 0.6) is 0 Å². The molecule has 1 aliphatic heterocycles. The Morgan fingerprint density at radius 2 is 1.95 bits per heavy atom. The lowest BCUT2D eigenvalue weighted by molar-refractivity contribution is -0.155. The number of carboxylic acids is 1. The smallest absolute Gasteiger partial charge is 0.452 e. The Morgan fingerprint density at radius 1 is 1.20 bits per heavy atom. The predicted molar refractivity (Wildman–Crippen MR) is 137 cm³/mol. The van der Waals surface area contributed by atoms with Crippen molar-refractivity contribution in [3.8, 4) is 10.6 Å².